The molecule has 0 spiro atoms. The molecule has 65 valence electrons. The van der Waals surface area contributed by atoms with Gasteiger partial charge in [-0.05, 0) is 0 Å². The Kier molecular flexibility index (Phi) is 4.48. The molecule has 0 saturated heterocycles. The summed E-state index contributed by atoms with van der Waals surface area (Å²) >= 11 is 10.4. The number of rotatable bonds is 0. The molecule has 4 nitrogen and oxygen atoms in total. The fraction of sp³-hybridized carbons (Fsp3) is 0. The average molecular weight is 232 g/mol. The van der Waals surface area contributed by atoms with E-state index in [1.165, 1.54) is 0 Å². The molecule has 13 heavy (non-hydrogen) atoms. The van der Waals surface area contributed by atoms with Crippen LogP contribution in [-0.4, -0.2) is 51.3 Å². The number of Topliss-reactive ketones (excluding diaryl/α,β-unsaturated/α-hetero) is 2. The maximum atomic E-state index is 10.8. The first-order valence-electron chi connectivity index (χ1n) is 2.73. The first-order valence-corrected chi connectivity index (χ1v) is 3.49. The van der Waals surface area contributed by atoms with Gasteiger partial charge < -0.3 is 10.2 Å². The van der Waals surface area contributed by atoms with Gasteiger partial charge in [-0.1, -0.05) is 23.2 Å². The number of carbonyl (C=O) groups is 2. The Balaban J connectivity index is 0.00000144. The minimum atomic E-state index is -1.06. The van der Waals surface area contributed by atoms with Crippen LogP contribution >= 0.6 is 23.2 Å². The summed E-state index contributed by atoms with van der Waals surface area (Å²) in [6, 6.07) is 0. The molecule has 7 heteroatoms. The zero-order valence-corrected chi connectivity index (χ0v) is 9.98. The Morgan fingerprint density at radius 3 is 1.31 bits per heavy atom. The van der Waals surface area contributed by atoms with Crippen molar-refractivity contribution in [3.8, 4) is 0 Å². The molecule has 0 fully saturated rings. The molecule has 1 aliphatic rings. The minimum absolute atomic E-state index is 0. The molecule has 0 bridgehead atoms. The number of halogens is 2. The largest absolute Gasteiger partial charge is 0.503 e. The van der Waals surface area contributed by atoms with Crippen molar-refractivity contribution in [1.29, 1.82) is 0 Å². The van der Waals surface area contributed by atoms with E-state index >= 15 is 0 Å². The summed E-state index contributed by atoms with van der Waals surface area (Å²) in [5.74, 6) is -3.99. The van der Waals surface area contributed by atoms with Crippen molar-refractivity contribution in [3.05, 3.63) is 21.6 Å². The van der Waals surface area contributed by atoms with Crippen molar-refractivity contribution in [3.63, 3.8) is 0 Å². The fourth-order valence-electron chi connectivity index (χ4n) is 0.622. The van der Waals surface area contributed by atoms with Crippen LogP contribution in [0.2, 0.25) is 0 Å². The molecule has 0 amide bonds. The van der Waals surface area contributed by atoms with Crippen LogP contribution in [0.25, 0.3) is 0 Å². The van der Waals surface area contributed by atoms with Crippen LogP contribution in [-0.2, 0) is 9.59 Å². The van der Waals surface area contributed by atoms with Crippen LogP contribution in [0, 0.1) is 0 Å². The van der Waals surface area contributed by atoms with Gasteiger partial charge in [0.05, 0.1) is 0 Å². The van der Waals surface area contributed by atoms with Crippen LogP contribution in [0.3, 0.4) is 0 Å². The zero-order chi connectivity index (χ0) is 9.46. The average Bonchev–Trinajstić information content (AvgIpc) is 2.08. The van der Waals surface area contributed by atoms with Gasteiger partial charge in [0.15, 0.2) is 11.5 Å². The third-order valence-electron chi connectivity index (χ3n) is 1.24. The maximum absolute atomic E-state index is 10.8. The first kappa shape index (κ1) is 13.0. The monoisotopic (exact) mass is 231 g/mol. The maximum Gasteiger partial charge on any atom is 0.244 e. The number of allylic oxidation sites excluding steroid dienone is 2. The Hall–Kier alpha value is 0. The van der Waals surface area contributed by atoms with Gasteiger partial charge in [-0.3, -0.25) is 9.59 Å². The summed E-state index contributed by atoms with van der Waals surface area (Å²) in [5.41, 5.74) is 0. The summed E-state index contributed by atoms with van der Waals surface area (Å²) < 4.78 is 0. The molecule has 0 aromatic rings. The quantitative estimate of drug-likeness (QED) is 0.477. The number of aliphatic hydroxyl groups is 2. The summed E-state index contributed by atoms with van der Waals surface area (Å²) in [6.45, 7) is 0. The number of carbonyl (C=O) groups excluding carboxylic acids is 2. The number of hydrogen-bond donors (Lipinski definition) is 2. The van der Waals surface area contributed by atoms with E-state index in [-0.39, 0.29) is 29.6 Å². The molecule has 1 radical (unpaired) electrons. The van der Waals surface area contributed by atoms with Gasteiger partial charge in [0, 0.05) is 29.6 Å². The number of ketones is 2. The van der Waals surface area contributed by atoms with E-state index < -0.39 is 33.1 Å². The predicted octanol–water partition coefficient (Wildman–Crippen LogP) is 0.774. The van der Waals surface area contributed by atoms with E-state index in [1.54, 1.807) is 0 Å². The van der Waals surface area contributed by atoms with Crippen molar-refractivity contribution in [1.82, 2.24) is 0 Å². The van der Waals surface area contributed by atoms with Crippen molar-refractivity contribution in [2.45, 2.75) is 0 Å². The second-order valence-electron chi connectivity index (χ2n) is 1.98. The smallest absolute Gasteiger partial charge is 0.244 e. The second kappa shape index (κ2) is 4.48. The van der Waals surface area contributed by atoms with E-state index in [0.717, 1.165) is 0 Å². The molecule has 1 rings (SSSR count). The Morgan fingerprint density at radius 2 is 1.08 bits per heavy atom. The Labute approximate surface area is 105 Å². The van der Waals surface area contributed by atoms with Gasteiger partial charge in [-0.2, -0.15) is 0 Å². The minimum Gasteiger partial charge on any atom is -0.503 e. The van der Waals surface area contributed by atoms with Gasteiger partial charge in [0.1, 0.15) is 10.1 Å². The Bertz CT molecular complexity index is 283. The predicted molar refractivity (Wildman–Crippen MR) is 46.8 cm³/mol. The molecule has 1 aliphatic carbocycles. The van der Waals surface area contributed by atoms with Crippen LogP contribution in [0.4, 0.5) is 0 Å². The fourth-order valence-corrected chi connectivity index (χ4v) is 0.973. The van der Waals surface area contributed by atoms with Gasteiger partial charge in [-0.25, -0.2) is 0 Å². The molecule has 0 atom stereocenters. The van der Waals surface area contributed by atoms with Crippen molar-refractivity contribution >= 4 is 64.3 Å². The molecule has 0 aromatic heterocycles. The molecular weight excluding hydrogens is 230 g/mol. The van der Waals surface area contributed by atoms with E-state index in [1.807, 2.05) is 0 Å². The van der Waals surface area contributed by atoms with Gasteiger partial charge in [-0.15, -0.1) is 0 Å². The summed E-state index contributed by atoms with van der Waals surface area (Å²) in [4.78, 5) is 21.6. The van der Waals surface area contributed by atoms with Gasteiger partial charge in [0.2, 0.25) is 11.6 Å². The molecule has 2 N–H and O–H groups in total. The van der Waals surface area contributed by atoms with Crippen molar-refractivity contribution in [2.24, 2.45) is 0 Å². The molecule has 0 heterocycles. The van der Waals surface area contributed by atoms with E-state index in [2.05, 4.69) is 0 Å². The summed E-state index contributed by atoms with van der Waals surface area (Å²) in [5, 5.41) is 16.3. The second-order valence-corrected chi connectivity index (χ2v) is 2.74. The summed E-state index contributed by atoms with van der Waals surface area (Å²) in [6.07, 6.45) is 0. The van der Waals surface area contributed by atoms with Crippen LogP contribution in [0.5, 0.6) is 0 Å². The van der Waals surface area contributed by atoms with Crippen molar-refractivity contribution < 1.29 is 19.8 Å². The van der Waals surface area contributed by atoms with Crippen molar-refractivity contribution in [2.75, 3.05) is 0 Å². The molecule has 0 aliphatic heterocycles. The van der Waals surface area contributed by atoms with Crippen LogP contribution < -0.4 is 0 Å². The third kappa shape index (κ3) is 2.08. The van der Waals surface area contributed by atoms with E-state index in [4.69, 9.17) is 33.4 Å². The SMILES string of the molecule is O=C1C(O)=C(Cl)C(=O)C(O)=C1Cl.[Na]. The molecule has 0 saturated carbocycles. The zero-order valence-electron chi connectivity index (χ0n) is 6.47. The van der Waals surface area contributed by atoms with Crippen LogP contribution in [0.1, 0.15) is 0 Å². The molecular formula is C6H2Cl2NaO4. The van der Waals surface area contributed by atoms with Gasteiger partial charge >= 0.3 is 0 Å². The topological polar surface area (TPSA) is 74.6 Å². The number of aliphatic hydroxyl groups excluding tert-OH is 2. The van der Waals surface area contributed by atoms with E-state index in [0.29, 0.717) is 0 Å². The standard InChI is InChI=1S/C6H2Cl2O4.Na/c7-1-3(9)5(11)2(8)6(12)4(1)10;/h9,12H;. The molecule has 0 unspecified atom stereocenters. The third-order valence-corrected chi connectivity index (χ3v) is 1.95. The van der Waals surface area contributed by atoms with E-state index in [9.17, 15) is 9.59 Å². The Morgan fingerprint density at radius 1 is 0.846 bits per heavy atom. The summed E-state index contributed by atoms with van der Waals surface area (Å²) in [7, 11) is 0. The van der Waals surface area contributed by atoms with Gasteiger partial charge in [0.25, 0.3) is 0 Å². The first-order chi connectivity index (χ1) is 5.46. The molecule has 0 aromatic carbocycles. The normalized spacial score (nSPS) is 17.7. The van der Waals surface area contributed by atoms with Crippen LogP contribution in [0.15, 0.2) is 21.6 Å². The number of hydrogen-bond acceptors (Lipinski definition) is 4.